The average molecular weight is 228 g/mol. The van der Waals surface area contributed by atoms with Crippen LogP contribution in [-0.2, 0) is 13.0 Å². The zero-order valence-corrected chi connectivity index (χ0v) is 9.24. The highest BCUT2D eigenvalue weighted by Crippen LogP contribution is 2.24. The molecular weight excluding hydrogens is 220 g/mol. The van der Waals surface area contributed by atoms with Gasteiger partial charge in [-0.1, -0.05) is 0 Å². The van der Waals surface area contributed by atoms with Gasteiger partial charge in [0.05, 0.1) is 24.3 Å². The molecule has 0 bridgehead atoms. The van der Waals surface area contributed by atoms with Gasteiger partial charge in [0.2, 0.25) is 0 Å². The van der Waals surface area contributed by atoms with E-state index >= 15 is 0 Å². The summed E-state index contributed by atoms with van der Waals surface area (Å²) in [5.74, 6) is 0. The lowest BCUT2D eigenvalue weighted by atomic mass is 10.1. The smallest absolute Gasteiger partial charge is 0.128 e. The molecule has 0 aliphatic carbocycles. The number of thiophene rings is 1. The first kappa shape index (κ1) is 10.4. The Morgan fingerprint density at radius 2 is 2.25 bits per heavy atom. The number of nitriles is 2. The highest BCUT2D eigenvalue weighted by molar-refractivity contribution is 7.08. The summed E-state index contributed by atoms with van der Waals surface area (Å²) in [5.41, 5.74) is 2.68. The molecule has 0 atom stereocenters. The van der Waals surface area contributed by atoms with Crippen LogP contribution in [0.25, 0.3) is 11.3 Å². The number of hydrogen-bond donors (Lipinski definition) is 0. The lowest BCUT2D eigenvalue weighted by Gasteiger charge is -1.93. The van der Waals surface area contributed by atoms with E-state index in [1.54, 1.807) is 22.2 Å². The molecule has 0 fully saturated rings. The zero-order valence-electron chi connectivity index (χ0n) is 8.42. The van der Waals surface area contributed by atoms with Crippen molar-refractivity contribution in [1.29, 1.82) is 10.5 Å². The van der Waals surface area contributed by atoms with Gasteiger partial charge in [0.1, 0.15) is 6.54 Å². The molecule has 5 heteroatoms. The fourth-order valence-corrected chi connectivity index (χ4v) is 2.11. The van der Waals surface area contributed by atoms with Crippen LogP contribution in [0.15, 0.2) is 23.0 Å². The molecule has 2 aromatic heterocycles. The van der Waals surface area contributed by atoms with Gasteiger partial charge in [-0.05, 0) is 11.4 Å². The van der Waals surface area contributed by atoms with Crippen molar-refractivity contribution in [3.8, 4) is 23.4 Å². The first-order valence-electron chi connectivity index (χ1n) is 4.68. The van der Waals surface area contributed by atoms with Gasteiger partial charge >= 0.3 is 0 Å². The van der Waals surface area contributed by atoms with Crippen LogP contribution >= 0.6 is 11.3 Å². The first-order valence-corrected chi connectivity index (χ1v) is 5.62. The summed E-state index contributed by atoms with van der Waals surface area (Å²) in [4.78, 5) is 0. The van der Waals surface area contributed by atoms with Crippen LogP contribution < -0.4 is 0 Å². The monoisotopic (exact) mass is 228 g/mol. The van der Waals surface area contributed by atoms with Crippen molar-refractivity contribution in [2.24, 2.45) is 0 Å². The van der Waals surface area contributed by atoms with E-state index in [9.17, 15) is 0 Å². The van der Waals surface area contributed by atoms with Crippen molar-refractivity contribution in [1.82, 2.24) is 9.78 Å². The summed E-state index contributed by atoms with van der Waals surface area (Å²) in [5, 5.41) is 25.6. The molecule has 0 aliphatic heterocycles. The number of nitrogens with zero attached hydrogens (tertiary/aromatic N) is 4. The SMILES string of the molecule is N#CCc1cn(CC#N)nc1-c1ccsc1. The summed E-state index contributed by atoms with van der Waals surface area (Å²) in [6.07, 6.45) is 2.08. The number of hydrogen-bond acceptors (Lipinski definition) is 4. The molecule has 0 N–H and O–H groups in total. The second-order valence-electron chi connectivity index (χ2n) is 3.21. The summed E-state index contributed by atoms with van der Waals surface area (Å²) < 4.78 is 1.57. The maximum atomic E-state index is 8.73. The van der Waals surface area contributed by atoms with Gasteiger partial charge in [0.15, 0.2) is 0 Å². The third-order valence-corrected chi connectivity index (χ3v) is 2.82. The molecule has 78 valence electrons. The van der Waals surface area contributed by atoms with E-state index in [0.717, 1.165) is 16.8 Å². The van der Waals surface area contributed by atoms with Gasteiger partial charge < -0.3 is 0 Å². The Bertz CT molecular complexity index is 554. The van der Waals surface area contributed by atoms with Crippen LogP contribution in [0.5, 0.6) is 0 Å². The van der Waals surface area contributed by atoms with Crippen LogP contribution in [-0.4, -0.2) is 9.78 Å². The molecular formula is C11H8N4S. The normalized spacial score (nSPS) is 9.62. The minimum Gasteiger partial charge on any atom is -0.258 e. The van der Waals surface area contributed by atoms with E-state index in [1.165, 1.54) is 0 Å². The Kier molecular flexibility index (Phi) is 3.00. The van der Waals surface area contributed by atoms with Crippen LogP contribution in [0.1, 0.15) is 5.56 Å². The van der Waals surface area contributed by atoms with Crippen molar-refractivity contribution in [2.75, 3.05) is 0 Å². The molecule has 2 heterocycles. The van der Waals surface area contributed by atoms with E-state index in [2.05, 4.69) is 11.2 Å². The third-order valence-electron chi connectivity index (χ3n) is 2.13. The Hall–Kier alpha value is -2.11. The molecule has 16 heavy (non-hydrogen) atoms. The Morgan fingerprint density at radius 3 is 2.88 bits per heavy atom. The zero-order chi connectivity index (χ0) is 11.4. The second-order valence-corrected chi connectivity index (χ2v) is 3.99. The molecule has 0 saturated carbocycles. The van der Waals surface area contributed by atoms with Crippen LogP contribution in [0, 0.1) is 22.7 Å². The van der Waals surface area contributed by atoms with Gasteiger partial charge in [-0.3, -0.25) is 4.68 Å². The maximum absolute atomic E-state index is 8.73. The van der Waals surface area contributed by atoms with E-state index in [-0.39, 0.29) is 6.54 Å². The molecule has 0 radical (unpaired) electrons. The lowest BCUT2D eigenvalue weighted by Crippen LogP contribution is -1.95. The minimum absolute atomic E-state index is 0.211. The maximum Gasteiger partial charge on any atom is 0.128 e. The molecule has 0 unspecified atom stereocenters. The lowest BCUT2D eigenvalue weighted by molar-refractivity contribution is 0.712. The van der Waals surface area contributed by atoms with E-state index < -0.39 is 0 Å². The molecule has 0 saturated heterocycles. The molecule has 2 rings (SSSR count). The topological polar surface area (TPSA) is 65.4 Å². The van der Waals surface area contributed by atoms with Gasteiger partial charge in [-0.15, -0.1) is 0 Å². The number of rotatable bonds is 3. The predicted octanol–water partition coefficient (Wildman–Crippen LogP) is 2.20. The van der Waals surface area contributed by atoms with Crippen molar-refractivity contribution in [3.63, 3.8) is 0 Å². The predicted molar refractivity (Wildman–Crippen MR) is 60.5 cm³/mol. The summed E-state index contributed by atoms with van der Waals surface area (Å²) in [6.45, 7) is 0.211. The van der Waals surface area contributed by atoms with Crippen LogP contribution in [0.3, 0.4) is 0 Å². The first-order chi connectivity index (χ1) is 7.85. The molecule has 0 amide bonds. The Labute approximate surface area is 97.0 Å². The second kappa shape index (κ2) is 4.61. The van der Waals surface area contributed by atoms with Crippen molar-refractivity contribution in [2.45, 2.75) is 13.0 Å². The van der Waals surface area contributed by atoms with Crippen molar-refractivity contribution >= 4 is 11.3 Å². The van der Waals surface area contributed by atoms with Crippen LogP contribution in [0.2, 0.25) is 0 Å². The quantitative estimate of drug-likeness (QED) is 0.808. The highest BCUT2D eigenvalue weighted by atomic mass is 32.1. The molecule has 4 nitrogen and oxygen atoms in total. The van der Waals surface area contributed by atoms with Gasteiger partial charge in [-0.2, -0.15) is 27.0 Å². The van der Waals surface area contributed by atoms with Crippen LogP contribution in [0.4, 0.5) is 0 Å². The van der Waals surface area contributed by atoms with E-state index in [4.69, 9.17) is 10.5 Å². The third kappa shape index (κ3) is 1.95. The molecule has 0 aliphatic rings. The molecule has 2 aromatic rings. The number of aromatic nitrogens is 2. The Balaban J connectivity index is 2.43. The van der Waals surface area contributed by atoms with Crippen molar-refractivity contribution in [3.05, 3.63) is 28.6 Å². The summed E-state index contributed by atoms with van der Waals surface area (Å²) in [7, 11) is 0. The molecule has 0 aromatic carbocycles. The molecule has 0 spiro atoms. The largest absolute Gasteiger partial charge is 0.258 e. The van der Waals surface area contributed by atoms with Gasteiger partial charge in [-0.25, -0.2) is 0 Å². The van der Waals surface area contributed by atoms with E-state index in [0.29, 0.717) is 6.42 Å². The Morgan fingerprint density at radius 1 is 1.38 bits per heavy atom. The minimum atomic E-state index is 0.211. The van der Waals surface area contributed by atoms with Gasteiger partial charge in [0, 0.05) is 22.7 Å². The van der Waals surface area contributed by atoms with Gasteiger partial charge in [0.25, 0.3) is 0 Å². The summed E-state index contributed by atoms with van der Waals surface area (Å²) in [6, 6.07) is 6.10. The fourth-order valence-electron chi connectivity index (χ4n) is 1.47. The summed E-state index contributed by atoms with van der Waals surface area (Å²) >= 11 is 1.59. The average Bonchev–Trinajstić information content (AvgIpc) is 2.87. The fraction of sp³-hybridized carbons (Fsp3) is 0.182. The highest BCUT2D eigenvalue weighted by Gasteiger charge is 2.10. The van der Waals surface area contributed by atoms with Crippen molar-refractivity contribution < 1.29 is 0 Å². The van der Waals surface area contributed by atoms with E-state index in [1.807, 2.05) is 22.9 Å². The standard InChI is InChI=1S/C11H8N4S/c12-3-1-9-7-15(5-4-13)14-11(9)10-2-6-16-8-10/h2,6-8H,1,5H2.